The van der Waals surface area contributed by atoms with Crippen molar-refractivity contribution in [1.82, 2.24) is 19.9 Å². The van der Waals surface area contributed by atoms with Gasteiger partial charge in [0.05, 0.1) is 11.3 Å². The number of carboxylic acids is 1. The number of hydrogen-bond acceptors (Lipinski definition) is 5. The standard InChI is InChI=1S/C11H12N4O3S/c1-15-4-7(13-6-15)10(16)12-3-2-9-14-8(5-19-9)11(17)18/h4-6H,2-3H2,1H3,(H,12,16)(H,17,18). The molecular weight excluding hydrogens is 268 g/mol. The number of nitrogens with zero attached hydrogens (tertiary/aromatic N) is 3. The van der Waals surface area contributed by atoms with E-state index in [9.17, 15) is 9.59 Å². The van der Waals surface area contributed by atoms with E-state index in [2.05, 4.69) is 15.3 Å². The molecule has 2 heterocycles. The normalized spacial score (nSPS) is 10.4. The molecule has 100 valence electrons. The fraction of sp³-hybridized carbons (Fsp3) is 0.273. The molecule has 0 aliphatic carbocycles. The molecule has 0 bridgehead atoms. The Hall–Kier alpha value is -2.22. The zero-order chi connectivity index (χ0) is 13.8. The van der Waals surface area contributed by atoms with E-state index < -0.39 is 5.97 Å². The van der Waals surface area contributed by atoms with Crippen molar-refractivity contribution in [2.45, 2.75) is 6.42 Å². The number of imidazole rings is 1. The minimum atomic E-state index is -1.04. The van der Waals surface area contributed by atoms with Crippen LogP contribution in [-0.4, -0.2) is 38.1 Å². The Bertz CT molecular complexity index is 605. The number of carbonyl (C=O) groups excluding carboxylic acids is 1. The second kappa shape index (κ2) is 5.61. The highest BCUT2D eigenvalue weighted by Gasteiger charge is 2.10. The Morgan fingerprint density at radius 3 is 2.84 bits per heavy atom. The average molecular weight is 280 g/mol. The van der Waals surface area contributed by atoms with Crippen LogP contribution in [0.1, 0.15) is 26.0 Å². The minimum Gasteiger partial charge on any atom is -0.476 e. The lowest BCUT2D eigenvalue weighted by molar-refractivity contribution is 0.0690. The van der Waals surface area contributed by atoms with Crippen LogP contribution in [0.2, 0.25) is 0 Å². The second-order valence-electron chi connectivity index (χ2n) is 3.86. The first kappa shape index (κ1) is 13.2. The first-order valence-electron chi connectivity index (χ1n) is 5.50. The maximum atomic E-state index is 11.7. The summed E-state index contributed by atoms with van der Waals surface area (Å²) in [4.78, 5) is 30.2. The van der Waals surface area contributed by atoms with Crippen molar-refractivity contribution < 1.29 is 14.7 Å². The fourth-order valence-corrected chi connectivity index (χ4v) is 2.20. The van der Waals surface area contributed by atoms with Crippen LogP contribution >= 0.6 is 11.3 Å². The van der Waals surface area contributed by atoms with Crippen LogP contribution in [0, 0.1) is 0 Å². The van der Waals surface area contributed by atoms with Gasteiger partial charge in [-0.05, 0) is 0 Å². The second-order valence-corrected chi connectivity index (χ2v) is 4.80. The van der Waals surface area contributed by atoms with Crippen molar-refractivity contribution in [2.24, 2.45) is 7.05 Å². The molecule has 2 N–H and O–H groups in total. The molecular formula is C11H12N4O3S. The molecule has 0 atom stereocenters. The predicted octanol–water partition coefficient (Wildman–Crippen LogP) is 0.547. The fourth-order valence-electron chi connectivity index (χ4n) is 1.43. The Balaban J connectivity index is 1.83. The molecule has 2 rings (SSSR count). The summed E-state index contributed by atoms with van der Waals surface area (Å²) < 4.78 is 1.69. The maximum absolute atomic E-state index is 11.7. The summed E-state index contributed by atoms with van der Waals surface area (Å²) in [5.41, 5.74) is 0.393. The molecule has 0 radical (unpaired) electrons. The van der Waals surface area contributed by atoms with Crippen molar-refractivity contribution in [2.75, 3.05) is 6.54 Å². The van der Waals surface area contributed by atoms with Gasteiger partial charge in [-0.25, -0.2) is 14.8 Å². The molecule has 2 aromatic heterocycles. The van der Waals surface area contributed by atoms with Gasteiger partial charge >= 0.3 is 5.97 Å². The monoisotopic (exact) mass is 280 g/mol. The molecule has 0 saturated heterocycles. The molecule has 0 fully saturated rings. The molecule has 0 aromatic carbocycles. The smallest absolute Gasteiger partial charge is 0.355 e. The summed E-state index contributed by atoms with van der Waals surface area (Å²) in [6.07, 6.45) is 3.67. The van der Waals surface area contributed by atoms with Crippen molar-refractivity contribution in [1.29, 1.82) is 0 Å². The summed E-state index contributed by atoms with van der Waals surface area (Å²) >= 11 is 1.27. The van der Waals surface area contributed by atoms with Crippen molar-refractivity contribution in [3.8, 4) is 0 Å². The van der Waals surface area contributed by atoms with E-state index in [1.165, 1.54) is 16.7 Å². The third-order valence-corrected chi connectivity index (χ3v) is 3.24. The van der Waals surface area contributed by atoms with Gasteiger partial charge < -0.3 is 15.0 Å². The Morgan fingerprint density at radius 2 is 2.26 bits per heavy atom. The van der Waals surface area contributed by atoms with E-state index in [1.54, 1.807) is 24.1 Å². The summed E-state index contributed by atoms with van der Waals surface area (Å²) in [7, 11) is 1.78. The molecule has 19 heavy (non-hydrogen) atoms. The lowest BCUT2D eigenvalue weighted by atomic mass is 10.4. The molecule has 1 amide bonds. The van der Waals surface area contributed by atoms with Crippen LogP contribution in [0.4, 0.5) is 0 Å². The first-order valence-corrected chi connectivity index (χ1v) is 6.38. The molecule has 0 saturated carbocycles. The Morgan fingerprint density at radius 1 is 1.47 bits per heavy atom. The number of rotatable bonds is 5. The molecule has 2 aromatic rings. The van der Waals surface area contributed by atoms with E-state index >= 15 is 0 Å². The zero-order valence-corrected chi connectivity index (χ0v) is 11.0. The zero-order valence-electron chi connectivity index (χ0n) is 10.2. The van der Waals surface area contributed by atoms with Gasteiger partial charge in [-0.2, -0.15) is 0 Å². The van der Waals surface area contributed by atoms with Crippen LogP contribution in [-0.2, 0) is 13.5 Å². The number of amides is 1. The quantitative estimate of drug-likeness (QED) is 0.833. The van der Waals surface area contributed by atoms with Gasteiger partial charge in [0.25, 0.3) is 5.91 Å². The largest absolute Gasteiger partial charge is 0.476 e. The highest BCUT2D eigenvalue weighted by molar-refractivity contribution is 7.09. The topological polar surface area (TPSA) is 97.1 Å². The molecule has 0 aliphatic heterocycles. The minimum absolute atomic E-state index is 0.0380. The summed E-state index contributed by atoms with van der Waals surface area (Å²) in [6.45, 7) is 0.391. The van der Waals surface area contributed by atoms with Gasteiger partial charge in [-0.3, -0.25) is 4.79 Å². The van der Waals surface area contributed by atoms with Crippen molar-refractivity contribution >= 4 is 23.2 Å². The molecule has 0 spiro atoms. The maximum Gasteiger partial charge on any atom is 0.355 e. The van der Waals surface area contributed by atoms with Gasteiger partial charge in [0.1, 0.15) is 5.69 Å². The number of carboxylic acid groups (broad SMARTS) is 1. The average Bonchev–Trinajstić information content (AvgIpc) is 2.98. The highest BCUT2D eigenvalue weighted by atomic mass is 32.1. The van der Waals surface area contributed by atoms with Crippen LogP contribution in [0.3, 0.4) is 0 Å². The lowest BCUT2D eigenvalue weighted by Gasteiger charge is -2.00. The van der Waals surface area contributed by atoms with Gasteiger partial charge in [0.2, 0.25) is 0 Å². The van der Waals surface area contributed by atoms with E-state index in [1.807, 2.05) is 0 Å². The van der Waals surface area contributed by atoms with Crippen LogP contribution in [0.5, 0.6) is 0 Å². The van der Waals surface area contributed by atoms with E-state index in [4.69, 9.17) is 5.11 Å². The number of aromatic nitrogens is 3. The first-order chi connectivity index (χ1) is 9.06. The van der Waals surface area contributed by atoms with Crippen LogP contribution < -0.4 is 5.32 Å². The number of carbonyl (C=O) groups is 2. The third kappa shape index (κ3) is 3.38. The van der Waals surface area contributed by atoms with E-state index in [0.29, 0.717) is 23.7 Å². The SMILES string of the molecule is Cn1cnc(C(=O)NCCc2nc(C(=O)O)cs2)c1. The van der Waals surface area contributed by atoms with Gasteiger partial charge in [0.15, 0.2) is 5.69 Å². The van der Waals surface area contributed by atoms with Crippen molar-refractivity contribution in [3.63, 3.8) is 0 Å². The summed E-state index contributed by atoms with van der Waals surface area (Å²) in [5, 5.41) is 13.6. The van der Waals surface area contributed by atoms with E-state index in [-0.39, 0.29) is 11.6 Å². The Kier molecular flexibility index (Phi) is 3.91. The van der Waals surface area contributed by atoms with Crippen LogP contribution in [0.25, 0.3) is 0 Å². The number of aryl methyl sites for hydroxylation is 1. The van der Waals surface area contributed by atoms with Gasteiger partial charge in [-0.15, -0.1) is 11.3 Å². The summed E-state index contributed by atoms with van der Waals surface area (Å²) in [6, 6.07) is 0. The molecule has 0 aliphatic rings. The highest BCUT2D eigenvalue weighted by Crippen LogP contribution is 2.09. The van der Waals surface area contributed by atoms with E-state index in [0.717, 1.165) is 0 Å². The number of aromatic carboxylic acids is 1. The number of thiazole rings is 1. The summed E-state index contributed by atoms with van der Waals surface area (Å²) in [5.74, 6) is -1.30. The number of hydrogen-bond donors (Lipinski definition) is 2. The molecule has 7 nitrogen and oxygen atoms in total. The van der Waals surface area contributed by atoms with Gasteiger partial charge in [-0.1, -0.05) is 0 Å². The van der Waals surface area contributed by atoms with Gasteiger partial charge in [0, 0.05) is 31.6 Å². The Labute approximate surface area is 112 Å². The lowest BCUT2D eigenvalue weighted by Crippen LogP contribution is -2.26. The third-order valence-electron chi connectivity index (χ3n) is 2.33. The number of nitrogens with one attached hydrogen (secondary N) is 1. The van der Waals surface area contributed by atoms with Crippen LogP contribution in [0.15, 0.2) is 17.9 Å². The van der Waals surface area contributed by atoms with Crippen molar-refractivity contribution in [3.05, 3.63) is 34.3 Å². The molecule has 0 unspecified atom stereocenters. The predicted molar refractivity (Wildman–Crippen MR) is 68.3 cm³/mol. The molecule has 8 heteroatoms.